The van der Waals surface area contributed by atoms with Gasteiger partial charge in [0.2, 0.25) is 0 Å². The second-order valence-electron chi connectivity index (χ2n) is 3.85. The molecule has 0 heterocycles. The topological polar surface area (TPSA) is 29.1 Å². The molecule has 0 aromatic heterocycles. The standard InChI is InChI=1S/C12H11BrClNO/c1-4-12(2,3)15-11(16)9-6-5-8(14)7-10(9)13/h1,5-7H,2-3H3,(H,15,16). The van der Waals surface area contributed by atoms with Crippen molar-refractivity contribution in [3.05, 3.63) is 33.3 Å². The zero-order chi connectivity index (χ0) is 12.3. The molecule has 0 bridgehead atoms. The third-order valence-corrected chi connectivity index (χ3v) is 2.85. The normalized spacial score (nSPS) is 10.7. The van der Waals surface area contributed by atoms with Crippen LogP contribution in [0.25, 0.3) is 0 Å². The SMILES string of the molecule is C#CC(C)(C)NC(=O)c1ccc(Cl)cc1Br. The monoisotopic (exact) mass is 299 g/mol. The highest BCUT2D eigenvalue weighted by Crippen LogP contribution is 2.21. The number of benzene rings is 1. The summed E-state index contributed by atoms with van der Waals surface area (Å²) >= 11 is 9.07. The molecule has 0 unspecified atom stereocenters. The third kappa shape index (κ3) is 3.26. The van der Waals surface area contributed by atoms with Gasteiger partial charge in [-0.05, 0) is 48.0 Å². The zero-order valence-corrected chi connectivity index (χ0v) is 11.3. The Kier molecular flexibility index (Phi) is 4.01. The summed E-state index contributed by atoms with van der Waals surface area (Å²) in [5.41, 5.74) is -0.163. The highest BCUT2D eigenvalue weighted by Gasteiger charge is 2.19. The number of rotatable bonds is 2. The van der Waals surface area contributed by atoms with Crippen molar-refractivity contribution >= 4 is 33.4 Å². The number of terminal acetylenes is 1. The minimum absolute atomic E-state index is 0.230. The van der Waals surface area contributed by atoms with E-state index in [0.717, 1.165) is 0 Å². The molecular formula is C12H11BrClNO. The highest BCUT2D eigenvalue weighted by atomic mass is 79.9. The molecule has 1 amide bonds. The van der Waals surface area contributed by atoms with Gasteiger partial charge in [-0.25, -0.2) is 0 Å². The van der Waals surface area contributed by atoms with Gasteiger partial charge < -0.3 is 5.32 Å². The lowest BCUT2D eigenvalue weighted by Crippen LogP contribution is -2.42. The fraction of sp³-hybridized carbons (Fsp3) is 0.250. The van der Waals surface area contributed by atoms with Crippen molar-refractivity contribution in [2.45, 2.75) is 19.4 Å². The smallest absolute Gasteiger partial charge is 0.253 e. The van der Waals surface area contributed by atoms with Gasteiger partial charge in [0.15, 0.2) is 0 Å². The molecule has 84 valence electrons. The molecule has 0 aliphatic heterocycles. The van der Waals surface area contributed by atoms with Gasteiger partial charge in [-0.2, -0.15) is 0 Å². The number of hydrogen-bond acceptors (Lipinski definition) is 1. The van der Waals surface area contributed by atoms with Crippen molar-refractivity contribution in [2.24, 2.45) is 0 Å². The fourth-order valence-corrected chi connectivity index (χ4v) is 1.92. The Bertz CT molecular complexity index is 463. The van der Waals surface area contributed by atoms with E-state index in [-0.39, 0.29) is 5.91 Å². The molecule has 1 aromatic carbocycles. The molecule has 0 saturated heterocycles. The Morgan fingerprint density at radius 3 is 2.69 bits per heavy atom. The van der Waals surface area contributed by atoms with E-state index in [2.05, 4.69) is 27.2 Å². The lowest BCUT2D eigenvalue weighted by atomic mass is 10.1. The maximum Gasteiger partial charge on any atom is 0.253 e. The quantitative estimate of drug-likeness (QED) is 0.835. The summed E-state index contributed by atoms with van der Waals surface area (Å²) in [6, 6.07) is 4.97. The van der Waals surface area contributed by atoms with Crippen LogP contribution >= 0.6 is 27.5 Å². The van der Waals surface area contributed by atoms with Gasteiger partial charge in [0, 0.05) is 9.50 Å². The molecule has 1 N–H and O–H groups in total. The van der Waals surface area contributed by atoms with E-state index < -0.39 is 5.54 Å². The summed E-state index contributed by atoms with van der Waals surface area (Å²) < 4.78 is 0.644. The second kappa shape index (κ2) is 4.90. The van der Waals surface area contributed by atoms with Crippen molar-refractivity contribution in [1.29, 1.82) is 0 Å². The lowest BCUT2D eigenvalue weighted by molar-refractivity contribution is 0.0929. The minimum Gasteiger partial charge on any atom is -0.336 e. The van der Waals surface area contributed by atoms with Gasteiger partial charge in [-0.1, -0.05) is 17.5 Å². The first-order valence-corrected chi connectivity index (χ1v) is 5.78. The molecule has 1 aromatic rings. The van der Waals surface area contributed by atoms with Gasteiger partial charge in [0.05, 0.1) is 11.1 Å². The van der Waals surface area contributed by atoms with E-state index in [0.29, 0.717) is 15.1 Å². The van der Waals surface area contributed by atoms with Crippen molar-refractivity contribution in [1.82, 2.24) is 5.32 Å². The number of amides is 1. The summed E-state index contributed by atoms with van der Waals surface area (Å²) in [7, 11) is 0. The Labute approximate surface area is 109 Å². The average molecular weight is 301 g/mol. The summed E-state index contributed by atoms with van der Waals surface area (Å²) in [4.78, 5) is 11.9. The van der Waals surface area contributed by atoms with Crippen LogP contribution in [0.15, 0.2) is 22.7 Å². The molecule has 0 fully saturated rings. The summed E-state index contributed by atoms with van der Waals surface area (Å²) in [6.45, 7) is 3.52. The van der Waals surface area contributed by atoms with Crippen LogP contribution < -0.4 is 5.32 Å². The summed E-state index contributed by atoms with van der Waals surface area (Å²) in [5, 5.41) is 3.30. The van der Waals surface area contributed by atoms with Crippen LogP contribution in [-0.2, 0) is 0 Å². The molecule has 1 rings (SSSR count). The first kappa shape index (κ1) is 13.1. The number of nitrogens with one attached hydrogen (secondary N) is 1. The van der Waals surface area contributed by atoms with Gasteiger partial charge in [0.1, 0.15) is 0 Å². The maximum atomic E-state index is 11.9. The van der Waals surface area contributed by atoms with Crippen LogP contribution in [-0.4, -0.2) is 11.4 Å². The van der Waals surface area contributed by atoms with E-state index in [9.17, 15) is 4.79 Å². The Morgan fingerprint density at radius 1 is 1.56 bits per heavy atom. The predicted octanol–water partition coefficient (Wildman–Crippen LogP) is 3.24. The molecule has 16 heavy (non-hydrogen) atoms. The van der Waals surface area contributed by atoms with Crippen LogP contribution in [0, 0.1) is 12.3 Å². The molecule has 0 aliphatic carbocycles. The maximum absolute atomic E-state index is 11.9. The molecule has 0 radical (unpaired) electrons. The molecule has 4 heteroatoms. The first-order valence-electron chi connectivity index (χ1n) is 4.61. The summed E-state index contributed by atoms with van der Waals surface area (Å²) in [5.74, 6) is 2.27. The molecule has 2 nitrogen and oxygen atoms in total. The van der Waals surface area contributed by atoms with Crippen LogP contribution in [0.5, 0.6) is 0 Å². The van der Waals surface area contributed by atoms with E-state index in [1.807, 2.05) is 0 Å². The predicted molar refractivity (Wildman–Crippen MR) is 69.5 cm³/mol. The van der Waals surface area contributed by atoms with Gasteiger partial charge in [0.25, 0.3) is 5.91 Å². The van der Waals surface area contributed by atoms with Crippen LogP contribution in [0.2, 0.25) is 5.02 Å². The van der Waals surface area contributed by atoms with Gasteiger partial charge in [-0.15, -0.1) is 6.42 Å². The first-order chi connectivity index (χ1) is 7.35. The van der Waals surface area contributed by atoms with E-state index in [1.54, 1.807) is 32.0 Å². The number of hydrogen-bond donors (Lipinski definition) is 1. The van der Waals surface area contributed by atoms with Crippen LogP contribution in [0.3, 0.4) is 0 Å². The van der Waals surface area contributed by atoms with Gasteiger partial charge >= 0.3 is 0 Å². The molecule has 0 atom stereocenters. The molecular weight excluding hydrogens is 289 g/mol. The van der Waals surface area contributed by atoms with E-state index in [1.165, 1.54) is 0 Å². The highest BCUT2D eigenvalue weighted by molar-refractivity contribution is 9.10. The zero-order valence-electron chi connectivity index (χ0n) is 8.97. The summed E-state index contributed by atoms with van der Waals surface area (Å²) in [6.07, 6.45) is 5.30. The van der Waals surface area contributed by atoms with Crippen LogP contribution in [0.1, 0.15) is 24.2 Å². The average Bonchev–Trinajstić information content (AvgIpc) is 2.16. The number of halogens is 2. The second-order valence-corrected chi connectivity index (χ2v) is 5.14. The van der Waals surface area contributed by atoms with E-state index >= 15 is 0 Å². The largest absolute Gasteiger partial charge is 0.336 e. The molecule has 0 aliphatic rings. The minimum atomic E-state index is -0.670. The van der Waals surface area contributed by atoms with Gasteiger partial charge in [-0.3, -0.25) is 4.79 Å². The number of carbonyl (C=O) groups is 1. The van der Waals surface area contributed by atoms with Crippen molar-refractivity contribution in [2.75, 3.05) is 0 Å². The molecule has 0 spiro atoms. The lowest BCUT2D eigenvalue weighted by Gasteiger charge is -2.19. The van der Waals surface area contributed by atoms with Crippen LogP contribution in [0.4, 0.5) is 0 Å². The van der Waals surface area contributed by atoms with E-state index in [4.69, 9.17) is 18.0 Å². The molecule has 0 saturated carbocycles. The Balaban J connectivity index is 2.95. The Morgan fingerprint density at radius 2 is 2.19 bits per heavy atom. The number of carbonyl (C=O) groups excluding carboxylic acids is 1. The third-order valence-electron chi connectivity index (χ3n) is 1.96. The fourth-order valence-electron chi connectivity index (χ4n) is 1.06. The Hall–Kier alpha value is -0.980. The van der Waals surface area contributed by atoms with Crippen molar-refractivity contribution in [3.8, 4) is 12.3 Å². The van der Waals surface area contributed by atoms with Crippen molar-refractivity contribution in [3.63, 3.8) is 0 Å². The van der Waals surface area contributed by atoms with Crippen molar-refractivity contribution < 1.29 is 4.79 Å².